The second-order valence-corrected chi connectivity index (χ2v) is 3.61. The van der Waals surface area contributed by atoms with Crippen molar-refractivity contribution in [1.82, 2.24) is 4.98 Å². The number of nitrogens with zero attached hydrogens (tertiary/aromatic N) is 4. The van der Waals surface area contributed by atoms with E-state index >= 15 is 0 Å². The second-order valence-electron chi connectivity index (χ2n) is 3.61. The first-order valence-electron chi connectivity index (χ1n) is 5.34. The number of anilines is 1. The molecule has 0 bridgehead atoms. The van der Waals surface area contributed by atoms with Gasteiger partial charge in [0.1, 0.15) is 23.9 Å². The monoisotopic (exact) mass is 245 g/mol. The van der Waals surface area contributed by atoms with Crippen LogP contribution in [0.3, 0.4) is 0 Å². The standard InChI is InChI=1S/C14H7N5/c15-6-11(7-16)14(8-17)19-13-3-1-2-10-9-18-5-4-12(10)13/h1-5,9,19H. The quantitative estimate of drug-likeness (QED) is 0.820. The fourth-order valence-electron chi connectivity index (χ4n) is 1.65. The van der Waals surface area contributed by atoms with Crippen molar-refractivity contribution < 1.29 is 0 Å². The Bertz CT molecular complexity index is 763. The minimum atomic E-state index is -0.242. The van der Waals surface area contributed by atoms with Gasteiger partial charge in [-0.25, -0.2) is 0 Å². The summed E-state index contributed by atoms with van der Waals surface area (Å²) < 4.78 is 0. The lowest BCUT2D eigenvalue weighted by molar-refractivity contribution is 1.35. The van der Waals surface area contributed by atoms with E-state index in [-0.39, 0.29) is 11.3 Å². The highest BCUT2D eigenvalue weighted by Crippen LogP contribution is 2.23. The topological polar surface area (TPSA) is 96.3 Å². The summed E-state index contributed by atoms with van der Waals surface area (Å²) >= 11 is 0. The van der Waals surface area contributed by atoms with Crippen LogP contribution in [0, 0.1) is 34.0 Å². The number of nitriles is 3. The van der Waals surface area contributed by atoms with Crippen LogP contribution in [0.5, 0.6) is 0 Å². The van der Waals surface area contributed by atoms with Crippen LogP contribution in [-0.4, -0.2) is 4.98 Å². The summed E-state index contributed by atoms with van der Waals surface area (Å²) in [6.07, 6.45) is 3.34. The van der Waals surface area contributed by atoms with Gasteiger partial charge in [0, 0.05) is 28.9 Å². The maximum absolute atomic E-state index is 9.01. The molecule has 0 fully saturated rings. The highest BCUT2D eigenvalue weighted by atomic mass is 14.9. The van der Waals surface area contributed by atoms with Gasteiger partial charge in [-0.2, -0.15) is 15.8 Å². The van der Waals surface area contributed by atoms with Crippen molar-refractivity contribution in [1.29, 1.82) is 15.8 Å². The van der Waals surface area contributed by atoms with Gasteiger partial charge in [-0.05, 0) is 12.1 Å². The van der Waals surface area contributed by atoms with Crippen LogP contribution in [-0.2, 0) is 0 Å². The van der Waals surface area contributed by atoms with E-state index in [9.17, 15) is 0 Å². The number of aromatic nitrogens is 1. The largest absolute Gasteiger partial charge is 0.345 e. The van der Waals surface area contributed by atoms with Crippen LogP contribution in [0.25, 0.3) is 10.8 Å². The number of hydrogen-bond donors (Lipinski definition) is 1. The van der Waals surface area contributed by atoms with Gasteiger partial charge in [-0.15, -0.1) is 0 Å². The van der Waals surface area contributed by atoms with Crippen molar-refractivity contribution in [2.24, 2.45) is 0 Å². The molecule has 0 unspecified atom stereocenters. The molecule has 0 aliphatic carbocycles. The lowest BCUT2D eigenvalue weighted by Gasteiger charge is -2.08. The van der Waals surface area contributed by atoms with E-state index in [0.717, 1.165) is 10.8 Å². The molecule has 1 N–H and O–H groups in total. The first-order chi connectivity index (χ1) is 9.30. The molecule has 0 radical (unpaired) electrons. The highest BCUT2D eigenvalue weighted by molar-refractivity contribution is 5.94. The van der Waals surface area contributed by atoms with Crippen molar-refractivity contribution in [3.63, 3.8) is 0 Å². The number of benzene rings is 1. The molecule has 0 saturated heterocycles. The molecule has 0 atom stereocenters. The normalized spacial score (nSPS) is 8.89. The molecular formula is C14H7N5. The molecule has 88 valence electrons. The Kier molecular flexibility index (Phi) is 3.39. The van der Waals surface area contributed by atoms with Crippen LogP contribution >= 0.6 is 0 Å². The zero-order chi connectivity index (χ0) is 13.7. The Morgan fingerprint density at radius 1 is 1.05 bits per heavy atom. The third kappa shape index (κ3) is 2.34. The summed E-state index contributed by atoms with van der Waals surface area (Å²) in [6, 6.07) is 12.5. The van der Waals surface area contributed by atoms with Crippen molar-refractivity contribution in [3.05, 3.63) is 47.9 Å². The molecule has 2 aromatic rings. The fourth-order valence-corrected chi connectivity index (χ4v) is 1.65. The zero-order valence-electron chi connectivity index (χ0n) is 9.75. The molecule has 1 aromatic carbocycles. The van der Waals surface area contributed by atoms with E-state index in [1.165, 1.54) is 0 Å². The minimum Gasteiger partial charge on any atom is -0.345 e. The van der Waals surface area contributed by atoms with Crippen LogP contribution in [0.4, 0.5) is 5.69 Å². The second kappa shape index (κ2) is 5.31. The Hall–Kier alpha value is -3.36. The van der Waals surface area contributed by atoms with Gasteiger partial charge in [-0.1, -0.05) is 12.1 Å². The number of pyridine rings is 1. The van der Waals surface area contributed by atoms with Crippen LogP contribution in [0.15, 0.2) is 47.9 Å². The molecule has 1 aromatic heterocycles. The average Bonchev–Trinajstić information content (AvgIpc) is 2.47. The van der Waals surface area contributed by atoms with E-state index in [0.29, 0.717) is 5.69 Å². The Morgan fingerprint density at radius 2 is 1.84 bits per heavy atom. The average molecular weight is 245 g/mol. The summed E-state index contributed by atoms with van der Waals surface area (Å²) in [7, 11) is 0. The third-order valence-electron chi connectivity index (χ3n) is 2.53. The number of allylic oxidation sites excluding steroid dienone is 2. The number of fused-ring (bicyclic) bond motifs is 1. The van der Waals surface area contributed by atoms with E-state index in [2.05, 4.69) is 10.3 Å². The Morgan fingerprint density at radius 3 is 2.53 bits per heavy atom. The van der Waals surface area contributed by atoms with Gasteiger partial charge >= 0.3 is 0 Å². The van der Waals surface area contributed by atoms with Crippen LogP contribution < -0.4 is 5.32 Å². The van der Waals surface area contributed by atoms with Crippen LogP contribution in [0.2, 0.25) is 0 Å². The molecule has 1 heterocycles. The Balaban J connectivity index is 2.54. The molecule has 0 aliphatic heterocycles. The summed E-state index contributed by atoms with van der Waals surface area (Å²) in [5.74, 6) is 0. The Labute approximate surface area is 109 Å². The molecule has 0 spiro atoms. The van der Waals surface area contributed by atoms with Crippen molar-refractivity contribution in [3.8, 4) is 18.2 Å². The minimum absolute atomic E-state index is 0.0608. The third-order valence-corrected chi connectivity index (χ3v) is 2.53. The van der Waals surface area contributed by atoms with Crippen molar-refractivity contribution in [2.75, 3.05) is 5.32 Å². The lowest BCUT2D eigenvalue weighted by atomic mass is 10.1. The summed E-state index contributed by atoms with van der Waals surface area (Å²) in [5.41, 5.74) is 0.349. The highest BCUT2D eigenvalue weighted by Gasteiger charge is 2.08. The van der Waals surface area contributed by atoms with Gasteiger partial charge < -0.3 is 5.32 Å². The molecule has 0 saturated carbocycles. The fraction of sp³-hybridized carbons (Fsp3) is 0. The molecule has 5 heteroatoms. The van der Waals surface area contributed by atoms with Gasteiger partial charge in [0.05, 0.1) is 0 Å². The summed E-state index contributed by atoms with van der Waals surface area (Å²) in [5, 5.41) is 31.2. The van der Waals surface area contributed by atoms with E-state index in [1.54, 1.807) is 42.7 Å². The molecule has 2 rings (SSSR count). The van der Waals surface area contributed by atoms with Gasteiger partial charge in [0.2, 0.25) is 0 Å². The van der Waals surface area contributed by atoms with E-state index in [4.69, 9.17) is 15.8 Å². The summed E-state index contributed by atoms with van der Waals surface area (Å²) in [6.45, 7) is 0. The predicted molar refractivity (Wildman–Crippen MR) is 69.2 cm³/mol. The van der Waals surface area contributed by atoms with Gasteiger partial charge in [-0.3, -0.25) is 4.98 Å². The number of nitrogens with one attached hydrogen (secondary N) is 1. The van der Waals surface area contributed by atoms with Crippen molar-refractivity contribution >= 4 is 16.5 Å². The smallest absolute Gasteiger partial charge is 0.163 e. The molecule has 0 amide bonds. The summed E-state index contributed by atoms with van der Waals surface area (Å²) in [4.78, 5) is 4.01. The zero-order valence-corrected chi connectivity index (χ0v) is 9.75. The lowest BCUT2D eigenvalue weighted by Crippen LogP contribution is -2.01. The predicted octanol–water partition coefficient (Wildman–Crippen LogP) is 2.47. The first-order valence-corrected chi connectivity index (χ1v) is 5.34. The van der Waals surface area contributed by atoms with Crippen molar-refractivity contribution in [2.45, 2.75) is 0 Å². The molecule has 5 nitrogen and oxygen atoms in total. The first kappa shape index (κ1) is 12.1. The molecular weight excluding hydrogens is 238 g/mol. The van der Waals surface area contributed by atoms with Gasteiger partial charge in [0.15, 0.2) is 5.57 Å². The SMILES string of the molecule is N#CC(C#N)=C(C#N)Nc1cccc2cnccc12. The van der Waals surface area contributed by atoms with Gasteiger partial charge in [0.25, 0.3) is 0 Å². The number of rotatable bonds is 2. The maximum atomic E-state index is 9.01. The molecule has 19 heavy (non-hydrogen) atoms. The van der Waals surface area contributed by atoms with E-state index in [1.807, 2.05) is 12.1 Å². The van der Waals surface area contributed by atoms with Crippen LogP contribution in [0.1, 0.15) is 0 Å². The molecule has 0 aliphatic rings. The number of hydrogen-bond acceptors (Lipinski definition) is 5. The van der Waals surface area contributed by atoms with E-state index < -0.39 is 0 Å². The maximum Gasteiger partial charge on any atom is 0.163 e.